The van der Waals surface area contributed by atoms with Gasteiger partial charge in [-0.05, 0) is 48.4 Å². The van der Waals surface area contributed by atoms with Crippen LogP contribution in [0.1, 0.15) is 17.9 Å². The molecule has 25 heavy (non-hydrogen) atoms. The zero-order valence-electron chi connectivity index (χ0n) is 13.4. The van der Waals surface area contributed by atoms with Gasteiger partial charge in [0.15, 0.2) is 0 Å². The van der Waals surface area contributed by atoms with Crippen LogP contribution >= 0.6 is 34.8 Å². The van der Waals surface area contributed by atoms with E-state index in [1.165, 1.54) is 0 Å². The van der Waals surface area contributed by atoms with Crippen LogP contribution in [0.25, 0.3) is 0 Å². The Kier molecular flexibility index (Phi) is 6.24. The molecule has 0 radical (unpaired) electrons. The molecule has 0 saturated heterocycles. The van der Waals surface area contributed by atoms with Crippen molar-refractivity contribution in [1.82, 2.24) is 9.55 Å². The SMILES string of the molecule is Clc1ccc(OCCC(Cn2ccnc2)c2ccc(Cl)cc2Cl)cc1. The molecule has 0 aliphatic heterocycles. The molecule has 1 aromatic heterocycles. The monoisotopic (exact) mass is 394 g/mol. The fraction of sp³-hybridized carbons (Fsp3) is 0.211. The average Bonchev–Trinajstić information content (AvgIpc) is 3.09. The smallest absolute Gasteiger partial charge is 0.119 e. The first-order chi connectivity index (χ1) is 12.1. The number of hydrogen-bond donors (Lipinski definition) is 0. The summed E-state index contributed by atoms with van der Waals surface area (Å²) in [6, 6.07) is 13.0. The molecule has 3 aromatic rings. The number of aromatic nitrogens is 2. The Bertz CT molecular complexity index is 804. The van der Waals surface area contributed by atoms with Crippen molar-refractivity contribution in [3.05, 3.63) is 81.8 Å². The Morgan fingerprint density at radius 2 is 1.76 bits per heavy atom. The zero-order valence-corrected chi connectivity index (χ0v) is 15.7. The summed E-state index contributed by atoms with van der Waals surface area (Å²) in [5.41, 5.74) is 1.06. The summed E-state index contributed by atoms with van der Waals surface area (Å²) in [6.07, 6.45) is 6.32. The highest BCUT2D eigenvalue weighted by molar-refractivity contribution is 6.35. The van der Waals surface area contributed by atoms with Gasteiger partial charge >= 0.3 is 0 Å². The number of rotatable bonds is 7. The highest BCUT2D eigenvalue weighted by Gasteiger charge is 2.16. The minimum atomic E-state index is 0.186. The number of benzene rings is 2. The van der Waals surface area contributed by atoms with Gasteiger partial charge in [0.1, 0.15) is 5.75 Å². The van der Waals surface area contributed by atoms with Crippen LogP contribution in [0.3, 0.4) is 0 Å². The van der Waals surface area contributed by atoms with Gasteiger partial charge < -0.3 is 9.30 Å². The molecule has 0 N–H and O–H groups in total. The first-order valence-corrected chi connectivity index (χ1v) is 9.04. The molecule has 1 atom stereocenters. The molecule has 0 spiro atoms. The number of imidazole rings is 1. The van der Waals surface area contributed by atoms with Gasteiger partial charge in [0.2, 0.25) is 0 Å². The fourth-order valence-electron chi connectivity index (χ4n) is 2.68. The van der Waals surface area contributed by atoms with Gasteiger partial charge in [0.05, 0.1) is 12.9 Å². The summed E-state index contributed by atoms with van der Waals surface area (Å²) in [5, 5.41) is 2.00. The van der Waals surface area contributed by atoms with E-state index in [1.807, 2.05) is 47.2 Å². The molecule has 0 amide bonds. The van der Waals surface area contributed by atoms with E-state index in [2.05, 4.69) is 4.98 Å². The van der Waals surface area contributed by atoms with Crippen molar-refractivity contribution in [2.24, 2.45) is 0 Å². The highest BCUT2D eigenvalue weighted by atomic mass is 35.5. The molecular weight excluding hydrogens is 379 g/mol. The van der Waals surface area contributed by atoms with Crippen LogP contribution in [-0.4, -0.2) is 16.2 Å². The van der Waals surface area contributed by atoms with E-state index in [0.717, 1.165) is 24.3 Å². The second kappa shape index (κ2) is 8.61. The van der Waals surface area contributed by atoms with Crippen molar-refractivity contribution < 1.29 is 4.74 Å². The maximum atomic E-state index is 6.41. The minimum absolute atomic E-state index is 0.186. The Morgan fingerprint density at radius 1 is 1.00 bits per heavy atom. The van der Waals surface area contributed by atoms with Crippen molar-refractivity contribution in [3.63, 3.8) is 0 Å². The first kappa shape index (κ1) is 18.1. The van der Waals surface area contributed by atoms with E-state index in [0.29, 0.717) is 21.7 Å². The summed E-state index contributed by atoms with van der Waals surface area (Å²) in [5.74, 6) is 0.985. The molecule has 3 nitrogen and oxygen atoms in total. The van der Waals surface area contributed by atoms with Crippen molar-refractivity contribution in [1.29, 1.82) is 0 Å². The second-order valence-corrected chi connectivity index (χ2v) is 6.99. The molecule has 0 aliphatic rings. The van der Waals surface area contributed by atoms with E-state index in [-0.39, 0.29) is 5.92 Å². The van der Waals surface area contributed by atoms with E-state index < -0.39 is 0 Å². The van der Waals surface area contributed by atoms with Gasteiger partial charge in [0, 0.05) is 39.9 Å². The lowest BCUT2D eigenvalue weighted by Crippen LogP contribution is -2.12. The van der Waals surface area contributed by atoms with E-state index in [9.17, 15) is 0 Å². The Labute approximate surface area is 162 Å². The molecule has 0 bridgehead atoms. The van der Waals surface area contributed by atoms with Gasteiger partial charge in [-0.3, -0.25) is 0 Å². The highest BCUT2D eigenvalue weighted by Crippen LogP contribution is 2.31. The lowest BCUT2D eigenvalue weighted by molar-refractivity contribution is 0.291. The normalized spacial score (nSPS) is 12.1. The van der Waals surface area contributed by atoms with Crippen molar-refractivity contribution >= 4 is 34.8 Å². The van der Waals surface area contributed by atoms with Gasteiger partial charge in [-0.1, -0.05) is 40.9 Å². The third-order valence-corrected chi connectivity index (χ3v) is 4.76. The summed E-state index contributed by atoms with van der Waals surface area (Å²) < 4.78 is 7.88. The van der Waals surface area contributed by atoms with Gasteiger partial charge in [-0.15, -0.1) is 0 Å². The predicted octanol–water partition coefficient (Wildman–Crippen LogP) is 6.10. The minimum Gasteiger partial charge on any atom is -0.494 e. The third-order valence-electron chi connectivity index (χ3n) is 3.94. The molecule has 6 heteroatoms. The zero-order chi connectivity index (χ0) is 17.6. The number of nitrogens with zero attached hydrogens (tertiary/aromatic N) is 2. The van der Waals surface area contributed by atoms with Crippen LogP contribution in [0.4, 0.5) is 0 Å². The van der Waals surface area contributed by atoms with Crippen LogP contribution in [0, 0.1) is 0 Å². The number of halogens is 3. The number of hydrogen-bond acceptors (Lipinski definition) is 2. The van der Waals surface area contributed by atoms with Crippen LogP contribution in [0.5, 0.6) is 5.75 Å². The molecule has 1 unspecified atom stereocenters. The molecule has 0 saturated carbocycles. The van der Waals surface area contributed by atoms with Crippen LogP contribution in [-0.2, 0) is 6.54 Å². The molecule has 2 aromatic carbocycles. The molecule has 0 fully saturated rings. The Hall–Kier alpha value is -1.68. The lowest BCUT2D eigenvalue weighted by atomic mass is 9.95. The summed E-state index contributed by atoms with van der Waals surface area (Å²) >= 11 is 18.3. The largest absolute Gasteiger partial charge is 0.494 e. The quantitative estimate of drug-likeness (QED) is 0.483. The molecule has 0 aliphatic carbocycles. The maximum Gasteiger partial charge on any atom is 0.119 e. The standard InChI is InChI=1S/C19H17Cl3N2O/c20-15-1-4-17(5-2-15)25-10-7-14(12-24-9-8-23-13-24)18-6-3-16(21)11-19(18)22/h1-6,8-9,11,13-14H,7,10,12H2. The van der Waals surface area contributed by atoms with E-state index in [4.69, 9.17) is 39.5 Å². The predicted molar refractivity (Wildman–Crippen MR) is 103 cm³/mol. The summed E-state index contributed by atoms with van der Waals surface area (Å²) in [7, 11) is 0. The van der Waals surface area contributed by atoms with Gasteiger partial charge in [-0.25, -0.2) is 4.98 Å². The van der Waals surface area contributed by atoms with Gasteiger partial charge in [0.25, 0.3) is 0 Å². The number of ether oxygens (including phenoxy) is 1. The third kappa shape index (κ3) is 5.15. The van der Waals surface area contributed by atoms with E-state index >= 15 is 0 Å². The molecule has 130 valence electrons. The Balaban J connectivity index is 1.70. The van der Waals surface area contributed by atoms with E-state index in [1.54, 1.807) is 18.6 Å². The molecular formula is C19H17Cl3N2O. The summed E-state index contributed by atoms with van der Waals surface area (Å²) in [6.45, 7) is 1.34. The Morgan fingerprint density at radius 3 is 2.44 bits per heavy atom. The van der Waals surface area contributed by atoms with Crippen LogP contribution in [0.2, 0.25) is 15.1 Å². The summed E-state index contributed by atoms with van der Waals surface area (Å²) in [4.78, 5) is 4.11. The van der Waals surface area contributed by atoms with Gasteiger partial charge in [-0.2, -0.15) is 0 Å². The molecule has 1 heterocycles. The topological polar surface area (TPSA) is 27.1 Å². The van der Waals surface area contributed by atoms with Crippen LogP contribution < -0.4 is 4.74 Å². The van der Waals surface area contributed by atoms with Crippen molar-refractivity contribution in [2.75, 3.05) is 6.61 Å². The fourth-order valence-corrected chi connectivity index (χ4v) is 3.37. The second-order valence-electron chi connectivity index (χ2n) is 5.71. The maximum absolute atomic E-state index is 6.41. The van der Waals surface area contributed by atoms with Crippen molar-refractivity contribution in [3.8, 4) is 5.75 Å². The van der Waals surface area contributed by atoms with Crippen molar-refractivity contribution in [2.45, 2.75) is 18.9 Å². The first-order valence-electron chi connectivity index (χ1n) is 7.91. The van der Waals surface area contributed by atoms with Crippen LogP contribution in [0.15, 0.2) is 61.2 Å². The molecule has 3 rings (SSSR count). The average molecular weight is 396 g/mol. The lowest BCUT2D eigenvalue weighted by Gasteiger charge is -2.20.